The van der Waals surface area contributed by atoms with Gasteiger partial charge in [-0.3, -0.25) is 9.59 Å². The summed E-state index contributed by atoms with van der Waals surface area (Å²) in [6, 6.07) is 7.72. The van der Waals surface area contributed by atoms with Crippen molar-refractivity contribution in [3.05, 3.63) is 29.8 Å². The van der Waals surface area contributed by atoms with Crippen LogP contribution < -0.4 is 15.4 Å². The number of hydrogen-bond acceptors (Lipinski definition) is 3. The van der Waals surface area contributed by atoms with Crippen LogP contribution in [0.4, 0.5) is 0 Å². The summed E-state index contributed by atoms with van der Waals surface area (Å²) in [6.45, 7) is 3.66. The molecule has 5 heteroatoms. The van der Waals surface area contributed by atoms with Gasteiger partial charge in [0.05, 0.1) is 7.11 Å². The molecule has 1 aromatic rings. The average molecular weight is 318 g/mol. The second-order valence-corrected chi connectivity index (χ2v) is 6.57. The van der Waals surface area contributed by atoms with Crippen LogP contribution in [0.1, 0.15) is 45.1 Å². The molecule has 1 aromatic carbocycles. The lowest BCUT2D eigenvalue weighted by Gasteiger charge is -2.25. The highest BCUT2D eigenvalue weighted by Gasteiger charge is 2.37. The van der Waals surface area contributed by atoms with E-state index >= 15 is 0 Å². The SMILES string of the molecule is COc1ccccc1CNC(=O)C(C)(C)C(=O)NC1CCCC1. The van der Waals surface area contributed by atoms with Gasteiger partial charge >= 0.3 is 0 Å². The molecule has 2 N–H and O–H groups in total. The van der Waals surface area contributed by atoms with E-state index in [2.05, 4.69) is 10.6 Å². The van der Waals surface area contributed by atoms with E-state index in [0.717, 1.165) is 37.0 Å². The zero-order valence-corrected chi connectivity index (χ0v) is 14.1. The Morgan fingerprint density at radius 3 is 2.48 bits per heavy atom. The number of para-hydroxylation sites is 1. The third-order valence-electron chi connectivity index (χ3n) is 4.46. The highest BCUT2D eigenvalue weighted by molar-refractivity contribution is 6.04. The van der Waals surface area contributed by atoms with Gasteiger partial charge in [-0.15, -0.1) is 0 Å². The van der Waals surface area contributed by atoms with Gasteiger partial charge in [0.15, 0.2) is 0 Å². The number of carbonyl (C=O) groups excluding carboxylic acids is 2. The smallest absolute Gasteiger partial charge is 0.235 e. The van der Waals surface area contributed by atoms with Gasteiger partial charge < -0.3 is 15.4 Å². The predicted octanol–water partition coefficient (Wildman–Crippen LogP) is 2.40. The van der Waals surface area contributed by atoms with Crippen molar-refractivity contribution < 1.29 is 14.3 Å². The maximum absolute atomic E-state index is 12.4. The first-order chi connectivity index (χ1) is 10.9. The van der Waals surface area contributed by atoms with E-state index < -0.39 is 5.41 Å². The summed E-state index contributed by atoms with van der Waals surface area (Å²) in [4.78, 5) is 24.8. The molecule has 0 spiro atoms. The molecule has 0 atom stereocenters. The zero-order chi connectivity index (χ0) is 16.9. The molecule has 0 radical (unpaired) electrons. The van der Waals surface area contributed by atoms with Gasteiger partial charge in [0.2, 0.25) is 11.8 Å². The van der Waals surface area contributed by atoms with Crippen LogP contribution in [0.25, 0.3) is 0 Å². The molecule has 2 rings (SSSR count). The minimum atomic E-state index is -1.09. The summed E-state index contributed by atoms with van der Waals surface area (Å²) < 4.78 is 5.27. The van der Waals surface area contributed by atoms with Crippen molar-refractivity contribution in [1.82, 2.24) is 10.6 Å². The molecule has 0 aliphatic heterocycles. The molecule has 1 aliphatic rings. The molecule has 2 amide bonds. The first-order valence-electron chi connectivity index (χ1n) is 8.16. The van der Waals surface area contributed by atoms with Crippen LogP contribution in [0.5, 0.6) is 5.75 Å². The number of amides is 2. The molecular formula is C18H26N2O3. The second-order valence-electron chi connectivity index (χ2n) is 6.57. The Hall–Kier alpha value is -2.04. The number of methoxy groups -OCH3 is 1. The van der Waals surface area contributed by atoms with E-state index in [9.17, 15) is 9.59 Å². The molecule has 0 heterocycles. The highest BCUT2D eigenvalue weighted by Crippen LogP contribution is 2.22. The second kappa shape index (κ2) is 7.49. The van der Waals surface area contributed by atoms with E-state index in [4.69, 9.17) is 4.74 Å². The number of ether oxygens (including phenoxy) is 1. The maximum Gasteiger partial charge on any atom is 0.235 e. The van der Waals surface area contributed by atoms with Gasteiger partial charge in [0, 0.05) is 18.2 Å². The molecule has 23 heavy (non-hydrogen) atoms. The Labute approximate surface area is 137 Å². The molecule has 1 saturated carbocycles. The van der Waals surface area contributed by atoms with Crippen molar-refractivity contribution in [2.75, 3.05) is 7.11 Å². The lowest BCUT2D eigenvalue weighted by atomic mass is 9.90. The summed E-state index contributed by atoms with van der Waals surface area (Å²) >= 11 is 0. The summed E-state index contributed by atoms with van der Waals surface area (Å²) in [5.41, 5.74) is -0.208. The Kier molecular flexibility index (Phi) is 5.64. The maximum atomic E-state index is 12.4. The molecule has 1 aliphatic carbocycles. The molecule has 0 unspecified atom stereocenters. The molecule has 0 aromatic heterocycles. The molecule has 0 saturated heterocycles. The lowest BCUT2D eigenvalue weighted by Crippen LogP contribution is -2.49. The number of benzene rings is 1. The fourth-order valence-corrected chi connectivity index (χ4v) is 2.78. The van der Waals surface area contributed by atoms with E-state index in [0.29, 0.717) is 6.54 Å². The normalized spacial score (nSPS) is 15.3. The average Bonchev–Trinajstić information content (AvgIpc) is 3.05. The number of hydrogen-bond donors (Lipinski definition) is 2. The molecule has 5 nitrogen and oxygen atoms in total. The topological polar surface area (TPSA) is 67.4 Å². The summed E-state index contributed by atoms with van der Waals surface area (Å²) in [5, 5.41) is 5.84. The van der Waals surface area contributed by atoms with Gasteiger partial charge in [-0.2, -0.15) is 0 Å². The third kappa shape index (κ3) is 4.24. The Balaban J connectivity index is 1.93. The largest absolute Gasteiger partial charge is 0.496 e. The van der Waals surface area contributed by atoms with E-state index in [1.807, 2.05) is 24.3 Å². The summed E-state index contributed by atoms with van der Waals surface area (Å²) in [5.74, 6) is 0.238. The monoisotopic (exact) mass is 318 g/mol. The molecule has 1 fully saturated rings. The first kappa shape index (κ1) is 17.3. The Bertz CT molecular complexity index is 563. The van der Waals surface area contributed by atoms with Crippen molar-refractivity contribution in [3.8, 4) is 5.75 Å². The number of carbonyl (C=O) groups is 2. The van der Waals surface area contributed by atoms with Crippen molar-refractivity contribution >= 4 is 11.8 Å². The predicted molar refractivity (Wildman–Crippen MR) is 89.0 cm³/mol. The first-order valence-corrected chi connectivity index (χ1v) is 8.16. The van der Waals surface area contributed by atoms with E-state index in [-0.39, 0.29) is 17.9 Å². The van der Waals surface area contributed by atoms with E-state index in [1.165, 1.54) is 0 Å². The van der Waals surface area contributed by atoms with Crippen LogP contribution in [0.3, 0.4) is 0 Å². The van der Waals surface area contributed by atoms with Gasteiger partial charge in [-0.05, 0) is 32.8 Å². The van der Waals surface area contributed by atoms with Crippen LogP contribution in [-0.2, 0) is 16.1 Å². The highest BCUT2D eigenvalue weighted by atomic mass is 16.5. The minimum Gasteiger partial charge on any atom is -0.496 e. The standard InChI is InChI=1S/C18H26N2O3/c1-18(2,17(22)20-14-9-5-6-10-14)16(21)19-12-13-8-4-7-11-15(13)23-3/h4,7-8,11,14H,5-6,9-10,12H2,1-3H3,(H,19,21)(H,20,22). The van der Waals surface area contributed by atoms with Gasteiger partial charge in [0.1, 0.15) is 11.2 Å². The summed E-state index contributed by atoms with van der Waals surface area (Å²) in [7, 11) is 1.60. The van der Waals surface area contributed by atoms with Crippen molar-refractivity contribution in [1.29, 1.82) is 0 Å². The fourth-order valence-electron chi connectivity index (χ4n) is 2.78. The molecular weight excluding hydrogens is 292 g/mol. The quantitative estimate of drug-likeness (QED) is 0.792. The van der Waals surface area contributed by atoms with Crippen molar-refractivity contribution in [3.63, 3.8) is 0 Å². The van der Waals surface area contributed by atoms with Crippen molar-refractivity contribution in [2.24, 2.45) is 5.41 Å². The number of nitrogens with one attached hydrogen (secondary N) is 2. The Morgan fingerprint density at radius 1 is 1.17 bits per heavy atom. The van der Waals surface area contributed by atoms with Crippen LogP contribution >= 0.6 is 0 Å². The summed E-state index contributed by atoms with van der Waals surface area (Å²) in [6.07, 6.45) is 4.30. The third-order valence-corrected chi connectivity index (χ3v) is 4.46. The Morgan fingerprint density at radius 2 is 1.83 bits per heavy atom. The van der Waals surface area contributed by atoms with Crippen LogP contribution in [0, 0.1) is 5.41 Å². The van der Waals surface area contributed by atoms with Gasteiger partial charge in [0.25, 0.3) is 0 Å². The zero-order valence-electron chi connectivity index (χ0n) is 14.1. The number of rotatable bonds is 6. The molecule has 126 valence electrons. The fraction of sp³-hybridized carbons (Fsp3) is 0.556. The van der Waals surface area contributed by atoms with Crippen LogP contribution in [0.15, 0.2) is 24.3 Å². The van der Waals surface area contributed by atoms with Crippen LogP contribution in [-0.4, -0.2) is 25.0 Å². The van der Waals surface area contributed by atoms with Gasteiger partial charge in [-0.25, -0.2) is 0 Å². The minimum absolute atomic E-state index is 0.207. The molecule has 0 bridgehead atoms. The van der Waals surface area contributed by atoms with Gasteiger partial charge in [-0.1, -0.05) is 31.0 Å². The van der Waals surface area contributed by atoms with E-state index in [1.54, 1.807) is 21.0 Å². The van der Waals surface area contributed by atoms with Crippen molar-refractivity contribution in [2.45, 2.75) is 52.1 Å². The van der Waals surface area contributed by atoms with Crippen LogP contribution in [0.2, 0.25) is 0 Å². The lowest BCUT2D eigenvalue weighted by molar-refractivity contribution is -0.141.